The van der Waals surface area contributed by atoms with Gasteiger partial charge in [-0.15, -0.1) is 0 Å². The molecule has 2 rings (SSSR count). The molecule has 0 saturated heterocycles. The molecule has 1 atom stereocenters. The van der Waals surface area contributed by atoms with E-state index in [1.54, 1.807) is 18.2 Å². The van der Waals surface area contributed by atoms with E-state index in [0.717, 1.165) is 0 Å². The van der Waals surface area contributed by atoms with Gasteiger partial charge in [-0.05, 0) is 19.1 Å². The molecule has 0 fully saturated rings. The van der Waals surface area contributed by atoms with Crippen molar-refractivity contribution < 1.29 is 24.0 Å². The number of para-hydroxylation sites is 1. The van der Waals surface area contributed by atoms with Gasteiger partial charge in [0.05, 0.1) is 7.11 Å². The van der Waals surface area contributed by atoms with Gasteiger partial charge in [0, 0.05) is 16.7 Å². The molecule has 1 heterocycles. The van der Waals surface area contributed by atoms with Gasteiger partial charge < -0.3 is 9.47 Å². The van der Waals surface area contributed by atoms with Crippen LogP contribution in [0.5, 0.6) is 5.75 Å². The van der Waals surface area contributed by atoms with Gasteiger partial charge in [0.15, 0.2) is 5.76 Å². The lowest BCUT2D eigenvalue weighted by atomic mass is 10.1. The van der Waals surface area contributed by atoms with Crippen molar-refractivity contribution in [2.75, 3.05) is 7.11 Å². The Labute approximate surface area is 125 Å². The van der Waals surface area contributed by atoms with Crippen molar-refractivity contribution in [1.29, 1.82) is 0 Å². The van der Waals surface area contributed by atoms with E-state index in [1.165, 1.54) is 26.2 Å². The standard InChI is InChI=1S/C14H12N2O6/c1-8-7-11(12(16(19)20)13(17)15-8)22-14(18)9-5-3-4-6-10(9)21-2/h3-7,12H,1-2H3. The molecule has 0 N–H and O–H groups in total. The predicted octanol–water partition coefficient (Wildman–Crippen LogP) is 1.38. The highest BCUT2D eigenvalue weighted by Gasteiger charge is 2.39. The van der Waals surface area contributed by atoms with E-state index in [2.05, 4.69) is 4.99 Å². The molecule has 1 amide bonds. The fraction of sp³-hybridized carbons (Fsp3) is 0.214. The zero-order valence-corrected chi connectivity index (χ0v) is 11.8. The van der Waals surface area contributed by atoms with Gasteiger partial charge in [-0.3, -0.25) is 14.9 Å². The minimum Gasteiger partial charge on any atom is -0.496 e. The number of rotatable bonds is 4. The Bertz CT molecular complexity index is 707. The third-order valence-electron chi connectivity index (χ3n) is 2.89. The predicted molar refractivity (Wildman–Crippen MR) is 75.4 cm³/mol. The highest BCUT2D eigenvalue weighted by molar-refractivity contribution is 6.07. The van der Waals surface area contributed by atoms with Crippen molar-refractivity contribution in [2.24, 2.45) is 4.99 Å². The van der Waals surface area contributed by atoms with E-state index in [4.69, 9.17) is 9.47 Å². The maximum Gasteiger partial charge on any atom is 0.348 e. The molecule has 1 aliphatic heterocycles. The second-order valence-electron chi connectivity index (χ2n) is 4.42. The number of aliphatic imine (C=N–C) groups is 1. The summed E-state index contributed by atoms with van der Waals surface area (Å²) in [6.07, 6.45) is 1.20. The first kappa shape index (κ1) is 15.4. The fourth-order valence-electron chi connectivity index (χ4n) is 1.93. The van der Waals surface area contributed by atoms with Crippen molar-refractivity contribution in [3.8, 4) is 5.75 Å². The minimum absolute atomic E-state index is 0.0978. The Morgan fingerprint density at radius 3 is 2.68 bits per heavy atom. The fourth-order valence-corrected chi connectivity index (χ4v) is 1.93. The number of ether oxygens (including phenoxy) is 2. The topological polar surface area (TPSA) is 108 Å². The van der Waals surface area contributed by atoms with E-state index < -0.39 is 22.8 Å². The van der Waals surface area contributed by atoms with Crippen LogP contribution in [0, 0.1) is 10.1 Å². The molecule has 0 aromatic heterocycles. The number of nitrogens with zero attached hydrogens (tertiary/aromatic N) is 2. The summed E-state index contributed by atoms with van der Waals surface area (Å²) >= 11 is 0. The van der Waals surface area contributed by atoms with Crippen LogP contribution in [-0.4, -0.2) is 35.7 Å². The van der Waals surface area contributed by atoms with E-state index >= 15 is 0 Å². The summed E-state index contributed by atoms with van der Waals surface area (Å²) in [5.74, 6) is -1.93. The van der Waals surface area contributed by atoms with Crippen LogP contribution in [0.1, 0.15) is 17.3 Å². The number of allylic oxidation sites excluding steroid dienone is 1. The molecule has 0 bridgehead atoms. The Kier molecular flexibility index (Phi) is 4.31. The number of hydrogen-bond donors (Lipinski definition) is 0. The largest absolute Gasteiger partial charge is 0.496 e. The lowest BCUT2D eigenvalue weighted by Crippen LogP contribution is -2.35. The van der Waals surface area contributed by atoms with Crippen LogP contribution >= 0.6 is 0 Å². The van der Waals surface area contributed by atoms with E-state index in [-0.39, 0.29) is 22.8 Å². The third kappa shape index (κ3) is 3.00. The smallest absolute Gasteiger partial charge is 0.348 e. The molecule has 22 heavy (non-hydrogen) atoms. The number of nitro groups is 1. The zero-order valence-electron chi connectivity index (χ0n) is 11.8. The first-order valence-corrected chi connectivity index (χ1v) is 6.23. The summed E-state index contributed by atoms with van der Waals surface area (Å²) in [6.45, 7) is 1.48. The lowest BCUT2D eigenvalue weighted by molar-refractivity contribution is -0.501. The number of benzene rings is 1. The second-order valence-corrected chi connectivity index (χ2v) is 4.42. The van der Waals surface area contributed by atoms with Gasteiger partial charge in [-0.25, -0.2) is 9.79 Å². The Hall–Kier alpha value is -3.03. The molecule has 1 aromatic rings. The van der Waals surface area contributed by atoms with Crippen LogP contribution in [0.25, 0.3) is 0 Å². The van der Waals surface area contributed by atoms with Gasteiger partial charge in [0.2, 0.25) is 0 Å². The van der Waals surface area contributed by atoms with Gasteiger partial charge in [0.25, 0.3) is 0 Å². The zero-order chi connectivity index (χ0) is 16.3. The first-order chi connectivity index (χ1) is 10.4. The number of carbonyl (C=O) groups excluding carboxylic acids is 2. The third-order valence-corrected chi connectivity index (χ3v) is 2.89. The molecule has 1 unspecified atom stereocenters. The molecule has 8 nitrogen and oxygen atoms in total. The Morgan fingerprint density at radius 1 is 1.36 bits per heavy atom. The van der Waals surface area contributed by atoms with Crippen molar-refractivity contribution in [1.82, 2.24) is 0 Å². The summed E-state index contributed by atoms with van der Waals surface area (Å²) in [7, 11) is 1.38. The van der Waals surface area contributed by atoms with Crippen molar-refractivity contribution in [2.45, 2.75) is 13.0 Å². The summed E-state index contributed by atoms with van der Waals surface area (Å²) in [6, 6.07) is 4.44. The number of hydrogen-bond acceptors (Lipinski definition) is 6. The van der Waals surface area contributed by atoms with E-state index in [9.17, 15) is 19.7 Å². The molecule has 8 heteroatoms. The van der Waals surface area contributed by atoms with Crippen LogP contribution in [-0.2, 0) is 9.53 Å². The second kappa shape index (κ2) is 6.17. The van der Waals surface area contributed by atoms with E-state index in [1.807, 2.05) is 0 Å². The van der Waals surface area contributed by atoms with Crippen LogP contribution < -0.4 is 4.74 Å². The minimum atomic E-state index is -1.82. The van der Waals surface area contributed by atoms with Crippen LogP contribution in [0.2, 0.25) is 0 Å². The van der Waals surface area contributed by atoms with E-state index in [0.29, 0.717) is 0 Å². The highest BCUT2D eigenvalue weighted by atomic mass is 16.6. The van der Waals surface area contributed by atoms with Crippen molar-refractivity contribution >= 4 is 17.6 Å². The van der Waals surface area contributed by atoms with Crippen LogP contribution in [0.3, 0.4) is 0 Å². The maximum absolute atomic E-state index is 12.2. The average molecular weight is 304 g/mol. The number of carbonyl (C=O) groups is 2. The summed E-state index contributed by atoms with van der Waals surface area (Å²) < 4.78 is 10.1. The molecule has 0 radical (unpaired) electrons. The molecule has 0 spiro atoms. The lowest BCUT2D eigenvalue weighted by Gasteiger charge is -2.15. The summed E-state index contributed by atoms with van der Waals surface area (Å²) in [4.78, 5) is 37.4. The number of dihydropyridines is 1. The van der Waals surface area contributed by atoms with Crippen molar-refractivity contribution in [3.05, 3.63) is 51.8 Å². The highest BCUT2D eigenvalue weighted by Crippen LogP contribution is 2.22. The summed E-state index contributed by atoms with van der Waals surface area (Å²) in [5, 5.41) is 11.0. The SMILES string of the molecule is COc1ccccc1C(=O)OC1=CC(C)=NC(=O)C1[N+](=O)[O-]. The quantitative estimate of drug-likeness (QED) is 0.472. The molecule has 1 aliphatic rings. The molecular weight excluding hydrogens is 292 g/mol. The van der Waals surface area contributed by atoms with Crippen molar-refractivity contribution in [3.63, 3.8) is 0 Å². The molecule has 0 aliphatic carbocycles. The van der Waals surface area contributed by atoms with Crippen LogP contribution in [0.4, 0.5) is 0 Å². The number of amides is 1. The first-order valence-electron chi connectivity index (χ1n) is 6.23. The van der Waals surface area contributed by atoms with Crippen LogP contribution in [0.15, 0.2) is 41.1 Å². The monoisotopic (exact) mass is 304 g/mol. The molecule has 114 valence electrons. The van der Waals surface area contributed by atoms with Gasteiger partial charge >= 0.3 is 17.9 Å². The molecule has 1 aromatic carbocycles. The molecular formula is C14H12N2O6. The van der Waals surface area contributed by atoms with Gasteiger partial charge in [-0.2, -0.15) is 0 Å². The normalized spacial score (nSPS) is 17.4. The number of methoxy groups -OCH3 is 1. The van der Waals surface area contributed by atoms with Gasteiger partial charge in [-0.1, -0.05) is 12.1 Å². The van der Waals surface area contributed by atoms with Gasteiger partial charge in [0.1, 0.15) is 11.3 Å². The molecule has 0 saturated carbocycles. The summed E-state index contributed by atoms with van der Waals surface area (Å²) in [5.41, 5.74) is 0.325. The maximum atomic E-state index is 12.2. The Morgan fingerprint density at radius 2 is 2.05 bits per heavy atom. The average Bonchev–Trinajstić information content (AvgIpc) is 2.45. The Balaban J connectivity index is 2.31. The number of esters is 1.